The summed E-state index contributed by atoms with van der Waals surface area (Å²) in [5, 5.41) is 3.85. The van der Waals surface area contributed by atoms with Crippen molar-refractivity contribution < 1.29 is 9.63 Å². The molecule has 0 aromatic heterocycles. The van der Waals surface area contributed by atoms with E-state index in [2.05, 4.69) is 51.9 Å². The summed E-state index contributed by atoms with van der Waals surface area (Å²) in [6, 6.07) is 0. The van der Waals surface area contributed by atoms with Gasteiger partial charge in [-0.2, -0.15) is 0 Å². The summed E-state index contributed by atoms with van der Waals surface area (Å²) in [6.45, 7) is 15.5. The van der Waals surface area contributed by atoms with Crippen molar-refractivity contribution in [2.75, 3.05) is 0 Å². The number of carbonyl (C=O) groups excluding carboxylic acids is 1. The van der Waals surface area contributed by atoms with E-state index in [-0.39, 0.29) is 5.97 Å². The second-order valence-electron chi connectivity index (χ2n) is 10.2. The maximum absolute atomic E-state index is 10.8. The average molecular weight is 388 g/mol. The first-order valence-corrected chi connectivity index (χ1v) is 11.1. The molecule has 0 aliphatic heterocycles. The Kier molecular flexibility index (Phi) is 7.70. The summed E-state index contributed by atoms with van der Waals surface area (Å²) < 4.78 is 0. The molecule has 158 valence electrons. The third-order valence-electron chi connectivity index (χ3n) is 7.45. The van der Waals surface area contributed by atoms with E-state index in [9.17, 15) is 4.79 Å². The van der Waals surface area contributed by atoms with Crippen molar-refractivity contribution in [1.82, 2.24) is 0 Å². The summed E-state index contributed by atoms with van der Waals surface area (Å²) in [6.07, 6.45) is 14.5. The minimum absolute atomic E-state index is 0.361. The van der Waals surface area contributed by atoms with Gasteiger partial charge in [-0.3, -0.25) is 0 Å². The van der Waals surface area contributed by atoms with Crippen LogP contribution in [0.5, 0.6) is 0 Å². The number of hydrogen-bond acceptors (Lipinski definition) is 3. The molecule has 0 radical (unpaired) electrons. The molecule has 2 rings (SSSR count). The van der Waals surface area contributed by atoms with Crippen molar-refractivity contribution in [2.45, 2.75) is 99.8 Å². The number of fused-ring (bicyclic) bond motifs is 1. The quantitative estimate of drug-likeness (QED) is 0.200. The predicted molar refractivity (Wildman–Crippen MR) is 118 cm³/mol. The van der Waals surface area contributed by atoms with Gasteiger partial charge in [-0.05, 0) is 88.4 Å². The van der Waals surface area contributed by atoms with Gasteiger partial charge >= 0.3 is 5.97 Å². The maximum Gasteiger partial charge on any atom is 0.331 e. The number of oxime groups is 1. The Morgan fingerprint density at radius 2 is 1.93 bits per heavy atom. The van der Waals surface area contributed by atoms with Crippen LogP contribution < -0.4 is 0 Å². The van der Waals surface area contributed by atoms with Gasteiger partial charge in [-0.25, -0.2) is 4.79 Å². The molecule has 0 spiro atoms. The normalized spacial score (nSPS) is 30.5. The van der Waals surface area contributed by atoms with Crippen LogP contribution >= 0.6 is 0 Å². The van der Waals surface area contributed by atoms with Gasteiger partial charge in [0.1, 0.15) is 0 Å². The summed E-state index contributed by atoms with van der Waals surface area (Å²) in [7, 11) is 0. The summed E-state index contributed by atoms with van der Waals surface area (Å²) in [5.74, 6) is 1.16. The van der Waals surface area contributed by atoms with E-state index < -0.39 is 0 Å². The van der Waals surface area contributed by atoms with E-state index in [1.165, 1.54) is 51.0 Å². The number of hydrogen-bond donors (Lipinski definition) is 0. The molecule has 0 amide bonds. The lowest BCUT2D eigenvalue weighted by Gasteiger charge is -2.57. The second-order valence-corrected chi connectivity index (χ2v) is 10.2. The number of nitrogens with zero attached hydrogens (tertiary/aromatic N) is 1. The van der Waals surface area contributed by atoms with Gasteiger partial charge in [0.25, 0.3) is 0 Å². The van der Waals surface area contributed by atoms with Crippen LogP contribution in [0, 0.1) is 22.7 Å². The van der Waals surface area contributed by atoms with E-state index in [1.54, 1.807) is 5.57 Å². The second kappa shape index (κ2) is 9.41. The van der Waals surface area contributed by atoms with Crippen LogP contribution in [0.2, 0.25) is 0 Å². The van der Waals surface area contributed by atoms with E-state index in [1.807, 2.05) is 6.92 Å². The molecule has 2 aliphatic carbocycles. The van der Waals surface area contributed by atoms with Crippen LogP contribution in [0.25, 0.3) is 0 Å². The largest absolute Gasteiger partial charge is 0.331 e. The molecule has 0 N–H and O–H groups in total. The fourth-order valence-corrected chi connectivity index (χ4v) is 5.88. The Balaban J connectivity index is 1.95. The van der Waals surface area contributed by atoms with Crippen LogP contribution in [-0.4, -0.2) is 11.7 Å². The Hall–Kier alpha value is -1.38. The van der Waals surface area contributed by atoms with E-state index in [0.29, 0.717) is 16.7 Å². The molecule has 28 heavy (non-hydrogen) atoms. The summed E-state index contributed by atoms with van der Waals surface area (Å²) in [5.41, 5.74) is 4.87. The molecule has 3 atom stereocenters. The predicted octanol–water partition coefficient (Wildman–Crippen LogP) is 7.23. The molecule has 1 saturated carbocycles. The fourth-order valence-electron chi connectivity index (χ4n) is 5.88. The number of allylic oxidation sites excluding steroid dienone is 4. The Morgan fingerprint density at radius 1 is 1.21 bits per heavy atom. The Morgan fingerprint density at radius 3 is 2.61 bits per heavy atom. The number of carbonyl (C=O) groups is 1. The van der Waals surface area contributed by atoms with Crippen molar-refractivity contribution in [2.24, 2.45) is 27.8 Å². The lowest BCUT2D eigenvalue weighted by atomic mass is 9.48. The summed E-state index contributed by atoms with van der Waals surface area (Å²) >= 11 is 0. The van der Waals surface area contributed by atoms with E-state index in [4.69, 9.17) is 4.84 Å². The van der Waals surface area contributed by atoms with Gasteiger partial charge in [0.05, 0.1) is 5.71 Å². The molecule has 0 unspecified atom stereocenters. The SMILES string of the molecule is CC(=O)O/N=C(/C)CC/C=C(\C)CC[C@H]1C(C)=CC[C@H]2C(C)(C)CCC[C@@]12C. The van der Waals surface area contributed by atoms with Crippen LogP contribution in [0.4, 0.5) is 0 Å². The number of rotatable bonds is 7. The minimum atomic E-state index is -0.361. The standard InChI is InChI=1S/C25H41NO2/c1-18(10-8-11-20(3)26-28-21(4)27)12-14-22-19(2)13-15-23-24(5,6)16-9-17-25(22,23)7/h10,13,22-23H,8-9,11-12,14-17H2,1-7H3/b18-10+,26-20-/t22-,23-,25-/m0/s1. The van der Waals surface area contributed by atoms with Gasteiger partial charge in [0.2, 0.25) is 0 Å². The zero-order valence-electron chi connectivity index (χ0n) is 19.2. The van der Waals surface area contributed by atoms with Crippen molar-refractivity contribution in [3.8, 4) is 0 Å². The zero-order valence-corrected chi connectivity index (χ0v) is 19.2. The first-order valence-electron chi connectivity index (χ1n) is 11.1. The topological polar surface area (TPSA) is 38.7 Å². The fraction of sp³-hybridized carbons (Fsp3) is 0.760. The first-order chi connectivity index (χ1) is 13.1. The molecule has 1 fully saturated rings. The van der Waals surface area contributed by atoms with E-state index >= 15 is 0 Å². The third kappa shape index (κ3) is 5.58. The average Bonchev–Trinajstić information content (AvgIpc) is 2.58. The minimum Gasteiger partial charge on any atom is -0.319 e. The van der Waals surface area contributed by atoms with Gasteiger partial charge in [0, 0.05) is 6.92 Å². The third-order valence-corrected chi connectivity index (χ3v) is 7.45. The van der Waals surface area contributed by atoms with Crippen LogP contribution in [0.1, 0.15) is 99.8 Å². The highest BCUT2D eigenvalue weighted by molar-refractivity contribution is 5.82. The zero-order chi connectivity index (χ0) is 20.9. The highest BCUT2D eigenvalue weighted by atomic mass is 16.7. The summed E-state index contributed by atoms with van der Waals surface area (Å²) in [4.78, 5) is 15.5. The van der Waals surface area contributed by atoms with Gasteiger partial charge in [0.15, 0.2) is 0 Å². The van der Waals surface area contributed by atoms with Gasteiger partial charge < -0.3 is 4.84 Å². The van der Waals surface area contributed by atoms with Crippen molar-refractivity contribution in [3.63, 3.8) is 0 Å². The van der Waals surface area contributed by atoms with Gasteiger partial charge in [-0.1, -0.05) is 55.6 Å². The molecule has 0 bridgehead atoms. The Labute approximate surface area is 172 Å². The molecular weight excluding hydrogens is 346 g/mol. The van der Waals surface area contributed by atoms with Crippen molar-refractivity contribution in [1.29, 1.82) is 0 Å². The Bertz CT molecular complexity index is 655. The lowest BCUT2D eigenvalue weighted by molar-refractivity contribution is -0.140. The first kappa shape index (κ1) is 22.9. The molecule has 3 heteroatoms. The molecule has 0 saturated heterocycles. The molecule has 0 aromatic rings. The highest BCUT2D eigenvalue weighted by Crippen LogP contribution is 2.60. The van der Waals surface area contributed by atoms with Crippen molar-refractivity contribution in [3.05, 3.63) is 23.3 Å². The lowest BCUT2D eigenvalue weighted by Crippen LogP contribution is -2.48. The molecule has 0 heterocycles. The molecule has 2 aliphatic rings. The smallest absolute Gasteiger partial charge is 0.319 e. The molecule has 3 nitrogen and oxygen atoms in total. The molecular formula is C25H41NO2. The van der Waals surface area contributed by atoms with Gasteiger partial charge in [-0.15, -0.1) is 0 Å². The monoisotopic (exact) mass is 387 g/mol. The maximum atomic E-state index is 10.8. The van der Waals surface area contributed by atoms with Crippen molar-refractivity contribution >= 4 is 11.7 Å². The molecule has 0 aromatic carbocycles. The van der Waals surface area contributed by atoms with E-state index in [0.717, 1.165) is 24.5 Å². The van der Waals surface area contributed by atoms with Crippen LogP contribution in [0.15, 0.2) is 28.5 Å². The van der Waals surface area contributed by atoms with Crippen LogP contribution in [-0.2, 0) is 9.63 Å². The van der Waals surface area contributed by atoms with Crippen LogP contribution in [0.3, 0.4) is 0 Å². The highest BCUT2D eigenvalue weighted by Gasteiger charge is 2.51.